The fourth-order valence-electron chi connectivity index (χ4n) is 1.95. The highest BCUT2D eigenvalue weighted by molar-refractivity contribution is 7.93. The van der Waals surface area contributed by atoms with Crippen molar-refractivity contribution in [2.75, 3.05) is 18.4 Å². The van der Waals surface area contributed by atoms with E-state index in [2.05, 4.69) is 14.4 Å². The third-order valence-corrected chi connectivity index (χ3v) is 5.66. The molecular formula is C15H15FN2O6S2. The van der Waals surface area contributed by atoms with E-state index in [1.165, 1.54) is 6.92 Å². The lowest BCUT2D eigenvalue weighted by atomic mass is 10.2. The molecule has 0 bridgehead atoms. The largest absolute Gasteiger partial charge is 0.465 e. The lowest BCUT2D eigenvalue weighted by Crippen LogP contribution is -2.15. The van der Waals surface area contributed by atoms with Crippen molar-refractivity contribution in [1.29, 1.82) is 0 Å². The Hall–Kier alpha value is -2.53. The van der Waals surface area contributed by atoms with Crippen LogP contribution in [0.4, 0.5) is 9.52 Å². The number of ether oxygens (including phenoxy) is 2. The minimum absolute atomic E-state index is 0.128. The molecule has 11 heteroatoms. The van der Waals surface area contributed by atoms with E-state index < -0.39 is 32.7 Å². The van der Waals surface area contributed by atoms with Crippen LogP contribution in [-0.2, 0) is 19.5 Å². The van der Waals surface area contributed by atoms with E-state index in [1.54, 1.807) is 6.92 Å². The lowest BCUT2D eigenvalue weighted by molar-refractivity contribution is 0.0529. The second-order valence-corrected chi connectivity index (χ2v) is 7.55. The molecule has 0 aliphatic carbocycles. The van der Waals surface area contributed by atoms with Crippen LogP contribution in [0.25, 0.3) is 0 Å². The molecule has 0 atom stereocenters. The Morgan fingerprint density at radius 2 is 2.00 bits per heavy atom. The summed E-state index contributed by atoms with van der Waals surface area (Å²) in [5, 5.41) is -0.131. The second-order valence-electron chi connectivity index (χ2n) is 4.90. The van der Waals surface area contributed by atoms with Crippen LogP contribution in [0.5, 0.6) is 0 Å². The van der Waals surface area contributed by atoms with E-state index in [9.17, 15) is 22.4 Å². The highest BCUT2D eigenvalue weighted by Crippen LogP contribution is 2.27. The molecule has 1 aromatic heterocycles. The van der Waals surface area contributed by atoms with E-state index >= 15 is 0 Å². The van der Waals surface area contributed by atoms with Crippen molar-refractivity contribution < 1.29 is 31.9 Å². The number of hydrogen-bond acceptors (Lipinski definition) is 8. The summed E-state index contributed by atoms with van der Waals surface area (Å²) in [6.07, 6.45) is 0. The van der Waals surface area contributed by atoms with E-state index in [0.29, 0.717) is 0 Å². The van der Waals surface area contributed by atoms with Crippen molar-refractivity contribution in [3.05, 3.63) is 40.2 Å². The maximum absolute atomic E-state index is 14.0. The van der Waals surface area contributed by atoms with Gasteiger partial charge in [-0.15, -0.1) is 0 Å². The van der Waals surface area contributed by atoms with Crippen LogP contribution in [0.2, 0.25) is 0 Å². The van der Waals surface area contributed by atoms with Gasteiger partial charge in [-0.1, -0.05) is 11.3 Å². The molecule has 0 saturated carbocycles. The number of sulfonamides is 1. The number of carbonyl (C=O) groups is 2. The number of thiazole rings is 1. The topological polar surface area (TPSA) is 112 Å². The van der Waals surface area contributed by atoms with Gasteiger partial charge in [-0.05, 0) is 32.0 Å². The minimum Gasteiger partial charge on any atom is -0.465 e. The maximum Gasteiger partial charge on any atom is 0.350 e. The first-order chi connectivity index (χ1) is 12.2. The highest BCUT2D eigenvalue weighted by atomic mass is 32.2. The number of carbonyl (C=O) groups excluding carboxylic acids is 2. The fourth-order valence-corrected chi connectivity index (χ4v) is 4.15. The van der Waals surface area contributed by atoms with Gasteiger partial charge in [0, 0.05) is 0 Å². The van der Waals surface area contributed by atoms with Crippen molar-refractivity contribution >= 4 is 38.4 Å². The predicted molar refractivity (Wildman–Crippen MR) is 91.4 cm³/mol. The molecule has 2 rings (SSSR count). The van der Waals surface area contributed by atoms with Gasteiger partial charge in [0.2, 0.25) is 0 Å². The monoisotopic (exact) mass is 402 g/mol. The molecule has 0 radical (unpaired) electrons. The molecule has 26 heavy (non-hydrogen) atoms. The van der Waals surface area contributed by atoms with E-state index in [1.807, 2.05) is 0 Å². The van der Waals surface area contributed by atoms with Crippen LogP contribution in [0, 0.1) is 12.7 Å². The Morgan fingerprint density at radius 1 is 1.31 bits per heavy atom. The Labute approximate surface area is 153 Å². The third-order valence-electron chi connectivity index (χ3n) is 3.12. The molecule has 0 unspecified atom stereocenters. The normalized spacial score (nSPS) is 11.1. The zero-order valence-electron chi connectivity index (χ0n) is 14.0. The van der Waals surface area contributed by atoms with Crippen molar-refractivity contribution in [2.45, 2.75) is 18.7 Å². The number of hydrogen-bond donors (Lipinski definition) is 1. The number of anilines is 1. The van der Waals surface area contributed by atoms with Crippen LogP contribution in [-0.4, -0.2) is 39.1 Å². The highest BCUT2D eigenvalue weighted by Gasteiger charge is 2.24. The quantitative estimate of drug-likeness (QED) is 0.738. The molecule has 8 nitrogen and oxygen atoms in total. The van der Waals surface area contributed by atoms with Gasteiger partial charge in [0.25, 0.3) is 10.0 Å². The summed E-state index contributed by atoms with van der Waals surface area (Å²) in [6, 6.07) is 2.81. The molecule has 1 N–H and O–H groups in total. The first-order valence-corrected chi connectivity index (χ1v) is 9.54. The average molecular weight is 402 g/mol. The summed E-state index contributed by atoms with van der Waals surface area (Å²) in [4.78, 5) is 26.6. The molecule has 0 saturated heterocycles. The van der Waals surface area contributed by atoms with Gasteiger partial charge in [-0.2, -0.15) is 0 Å². The number of aryl methyl sites for hydroxylation is 1. The average Bonchev–Trinajstić information content (AvgIpc) is 2.94. The molecular weight excluding hydrogens is 387 g/mol. The van der Waals surface area contributed by atoms with Gasteiger partial charge < -0.3 is 9.47 Å². The number of aromatic nitrogens is 1. The summed E-state index contributed by atoms with van der Waals surface area (Å²) in [7, 11) is -3.27. The third kappa shape index (κ3) is 4.17. The molecule has 0 aliphatic rings. The first kappa shape index (κ1) is 19.8. The number of rotatable bonds is 6. The standard InChI is InChI=1S/C15H15FN2O6S2/c1-4-24-14(20)12-8(2)17-15(25-12)18-26(21,22)11-7-9(13(19)23-3)5-6-10(11)16/h5-7H,4H2,1-3H3,(H,17,18). The molecule has 2 aromatic rings. The lowest BCUT2D eigenvalue weighted by Gasteiger charge is -2.08. The van der Waals surface area contributed by atoms with Gasteiger partial charge in [-0.25, -0.2) is 27.4 Å². The zero-order chi connectivity index (χ0) is 19.5. The van der Waals surface area contributed by atoms with Crippen molar-refractivity contribution in [2.24, 2.45) is 0 Å². The van der Waals surface area contributed by atoms with Gasteiger partial charge in [0.15, 0.2) is 5.13 Å². The molecule has 0 fully saturated rings. The van der Waals surface area contributed by atoms with Crippen molar-refractivity contribution in [3.63, 3.8) is 0 Å². The number of methoxy groups -OCH3 is 1. The molecule has 0 spiro atoms. The first-order valence-electron chi connectivity index (χ1n) is 7.24. The van der Waals surface area contributed by atoms with E-state index in [0.717, 1.165) is 36.6 Å². The number of esters is 2. The Bertz CT molecular complexity index is 955. The molecule has 1 heterocycles. The summed E-state index contributed by atoms with van der Waals surface area (Å²) in [5.41, 5.74) is 0.145. The van der Waals surface area contributed by atoms with Crippen LogP contribution in [0.15, 0.2) is 23.1 Å². The van der Waals surface area contributed by atoms with Crippen LogP contribution in [0.3, 0.4) is 0 Å². The number of nitrogens with one attached hydrogen (secondary N) is 1. The van der Waals surface area contributed by atoms with E-state index in [-0.39, 0.29) is 27.9 Å². The number of halogens is 1. The smallest absolute Gasteiger partial charge is 0.350 e. The Balaban J connectivity index is 2.36. The Kier molecular flexibility index (Phi) is 5.93. The van der Waals surface area contributed by atoms with Crippen molar-refractivity contribution in [1.82, 2.24) is 4.98 Å². The Morgan fingerprint density at radius 3 is 2.62 bits per heavy atom. The summed E-state index contributed by atoms with van der Waals surface area (Å²) >= 11 is 0.760. The summed E-state index contributed by atoms with van der Waals surface area (Å²) < 4.78 is 50.3. The molecule has 140 valence electrons. The van der Waals surface area contributed by atoms with Gasteiger partial charge >= 0.3 is 11.9 Å². The van der Waals surface area contributed by atoms with Crippen LogP contribution < -0.4 is 4.72 Å². The number of nitrogens with zero attached hydrogens (tertiary/aromatic N) is 1. The fraction of sp³-hybridized carbons (Fsp3) is 0.267. The summed E-state index contributed by atoms with van der Waals surface area (Å²) in [6.45, 7) is 3.30. The molecule has 0 amide bonds. The van der Waals surface area contributed by atoms with E-state index in [4.69, 9.17) is 4.74 Å². The zero-order valence-corrected chi connectivity index (χ0v) is 15.7. The number of benzene rings is 1. The minimum atomic E-state index is -4.39. The van der Waals surface area contributed by atoms with Crippen LogP contribution >= 0.6 is 11.3 Å². The van der Waals surface area contributed by atoms with Gasteiger partial charge in [0.1, 0.15) is 15.6 Å². The SMILES string of the molecule is CCOC(=O)c1sc(NS(=O)(=O)c2cc(C(=O)OC)ccc2F)nc1C. The summed E-state index contributed by atoms with van der Waals surface area (Å²) in [5.74, 6) is -2.49. The van der Waals surface area contributed by atoms with Crippen molar-refractivity contribution in [3.8, 4) is 0 Å². The van der Waals surface area contributed by atoms with Gasteiger partial charge in [0.05, 0.1) is 25.0 Å². The van der Waals surface area contributed by atoms with Gasteiger partial charge in [-0.3, -0.25) is 4.72 Å². The maximum atomic E-state index is 14.0. The predicted octanol–water partition coefficient (Wildman–Crippen LogP) is 2.35. The second kappa shape index (κ2) is 7.79. The van der Waals surface area contributed by atoms with Crippen LogP contribution in [0.1, 0.15) is 32.6 Å². The molecule has 1 aromatic carbocycles. The molecule has 0 aliphatic heterocycles.